The molecule has 166 valence electrons. The minimum absolute atomic E-state index is 0. The van der Waals surface area contributed by atoms with Crippen molar-refractivity contribution in [3.8, 4) is 5.75 Å². The zero-order valence-corrected chi connectivity index (χ0v) is 20.8. The Bertz CT molecular complexity index is 604. The highest BCUT2D eigenvalue weighted by Crippen LogP contribution is 2.20. The molecule has 1 aromatic carbocycles. The first-order valence-electron chi connectivity index (χ1n) is 10.5. The van der Waals surface area contributed by atoms with Crippen LogP contribution in [0.2, 0.25) is 0 Å². The molecule has 1 aliphatic heterocycles. The molecule has 1 aliphatic rings. The van der Waals surface area contributed by atoms with Gasteiger partial charge in [-0.25, -0.2) is 4.99 Å². The molecule has 0 radical (unpaired) electrons. The number of halogens is 1. The van der Waals surface area contributed by atoms with E-state index in [0.29, 0.717) is 19.8 Å². The van der Waals surface area contributed by atoms with Gasteiger partial charge in [-0.1, -0.05) is 18.6 Å². The number of hydrogen-bond donors (Lipinski definition) is 2. The Kier molecular flexibility index (Phi) is 12.6. The van der Waals surface area contributed by atoms with E-state index in [2.05, 4.69) is 42.4 Å². The quantitative estimate of drug-likeness (QED) is 0.214. The number of piperidine rings is 1. The first-order chi connectivity index (χ1) is 13.5. The molecule has 0 atom stereocenters. The lowest BCUT2D eigenvalue weighted by Crippen LogP contribution is -2.54. The first kappa shape index (κ1) is 26.0. The molecule has 7 heteroatoms. The molecule has 29 heavy (non-hydrogen) atoms. The summed E-state index contributed by atoms with van der Waals surface area (Å²) in [5.41, 5.74) is 1.24. The van der Waals surface area contributed by atoms with Crippen molar-refractivity contribution < 1.29 is 9.47 Å². The summed E-state index contributed by atoms with van der Waals surface area (Å²) in [4.78, 5) is 7.36. The Morgan fingerprint density at radius 3 is 2.59 bits per heavy atom. The lowest BCUT2D eigenvalue weighted by Gasteiger charge is -2.41. The van der Waals surface area contributed by atoms with Crippen molar-refractivity contribution in [3.63, 3.8) is 0 Å². The van der Waals surface area contributed by atoms with E-state index in [9.17, 15) is 0 Å². The summed E-state index contributed by atoms with van der Waals surface area (Å²) in [6.07, 6.45) is 3.97. The first-order valence-corrected chi connectivity index (χ1v) is 10.5. The molecule has 1 heterocycles. The van der Waals surface area contributed by atoms with Crippen LogP contribution in [-0.2, 0) is 11.3 Å². The molecule has 0 spiro atoms. The zero-order chi connectivity index (χ0) is 20.2. The van der Waals surface area contributed by atoms with E-state index in [0.717, 1.165) is 30.4 Å². The van der Waals surface area contributed by atoms with Crippen molar-refractivity contribution in [2.24, 2.45) is 4.99 Å². The van der Waals surface area contributed by atoms with Crippen LogP contribution in [0.3, 0.4) is 0 Å². The van der Waals surface area contributed by atoms with Crippen molar-refractivity contribution in [2.75, 3.05) is 46.5 Å². The normalized spacial score (nSPS) is 15.5. The van der Waals surface area contributed by atoms with Crippen LogP contribution >= 0.6 is 24.0 Å². The summed E-state index contributed by atoms with van der Waals surface area (Å²) in [5, 5.41) is 6.89. The molecule has 2 rings (SSSR count). The third-order valence-electron chi connectivity index (χ3n) is 5.12. The Morgan fingerprint density at radius 1 is 1.14 bits per heavy atom. The highest BCUT2D eigenvalue weighted by atomic mass is 127. The number of hydrogen-bond acceptors (Lipinski definition) is 4. The average Bonchev–Trinajstić information content (AvgIpc) is 2.71. The lowest BCUT2D eigenvalue weighted by molar-refractivity contribution is 0.0982. The van der Waals surface area contributed by atoms with Crippen LogP contribution in [0.25, 0.3) is 0 Å². The summed E-state index contributed by atoms with van der Waals surface area (Å²) >= 11 is 0. The molecule has 6 nitrogen and oxygen atoms in total. The standard InChI is InChI=1S/C22H38N4O2.HI/c1-5-23-21(25-18-22(2,3)26-12-7-6-8-13-26)24-17-19-10-9-11-20(16-19)28-15-14-27-4;/h9-11,16H,5-8,12-15,17-18H2,1-4H3,(H2,23,24,25);1H. The van der Waals surface area contributed by atoms with Gasteiger partial charge < -0.3 is 20.1 Å². The number of benzene rings is 1. The maximum Gasteiger partial charge on any atom is 0.191 e. The zero-order valence-electron chi connectivity index (χ0n) is 18.5. The highest BCUT2D eigenvalue weighted by Gasteiger charge is 2.27. The van der Waals surface area contributed by atoms with E-state index < -0.39 is 0 Å². The van der Waals surface area contributed by atoms with Crippen LogP contribution in [0, 0.1) is 0 Å². The van der Waals surface area contributed by atoms with Crippen molar-refractivity contribution in [3.05, 3.63) is 29.8 Å². The van der Waals surface area contributed by atoms with E-state index in [-0.39, 0.29) is 29.5 Å². The fourth-order valence-electron chi connectivity index (χ4n) is 3.40. The van der Waals surface area contributed by atoms with E-state index in [1.54, 1.807) is 7.11 Å². The van der Waals surface area contributed by atoms with E-state index >= 15 is 0 Å². The monoisotopic (exact) mass is 518 g/mol. The molecular weight excluding hydrogens is 479 g/mol. The molecule has 2 N–H and O–H groups in total. The second kappa shape index (κ2) is 14.0. The van der Waals surface area contributed by atoms with Gasteiger partial charge in [0.25, 0.3) is 0 Å². The number of likely N-dealkylation sites (tertiary alicyclic amines) is 1. The Balaban J connectivity index is 0.00000420. The largest absolute Gasteiger partial charge is 0.491 e. The fourth-order valence-corrected chi connectivity index (χ4v) is 3.40. The van der Waals surface area contributed by atoms with Crippen LogP contribution in [-0.4, -0.2) is 62.9 Å². The predicted octanol–water partition coefficient (Wildman–Crippen LogP) is 3.65. The van der Waals surface area contributed by atoms with Crippen molar-refractivity contribution >= 4 is 29.9 Å². The third kappa shape index (κ3) is 9.53. The van der Waals surface area contributed by atoms with Crippen molar-refractivity contribution in [1.82, 2.24) is 15.5 Å². The van der Waals surface area contributed by atoms with Gasteiger partial charge in [0.2, 0.25) is 0 Å². The van der Waals surface area contributed by atoms with Gasteiger partial charge in [0.05, 0.1) is 13.2 Å². The Morgan fingerprint density at radius 2 is 1.90 bits per heavy atom. The molecule has 1 aromatic rings. The van der Waals surface area contributed by atoms with Crippen LogP contribution in [0.15, 0.2) is 29.3 Å². The molecule has 0 amide bonds. The summed E-state index contributed by atoms with van der Waals surface area (Å²) < 4.78 is 10.7. The number of methoxy groups -OCH3 is 1. The predicted molar refractivity (Wildman–Crippen MR) is 132 cm³/mol. The summed E-state index contributed by atoms with van der Waals surface area (Å²) in [5.74, 6) is 1.72. The lowest BCUT2D eigenvalue weighted by atomic mass is 9.98. The van der Waals surface area contributed by atoms with E-state index in [1.165, 1.54) is 32.4 Å². The topological polar surface area (TPSA) is 58.1 Å². The second-order valence-electron chi connectivity index (χ2n) is 7.90. The van der Waals surface area contributed by atoms with Crippen LogP contribution in [0.5, 0.6) is 5.75 Å². The molecule has 1 saturated heterocycles. The van der Waals surface area contributed by atoms with Crippen molar-refractivity contribution in [1.29, 1.82) is 0 Å². The second-order valence-corrected chi connectivity index (χ2v) is 7.90. The van der Waals surface area contributed by atoms with Gasteiger partial charge in [0, 0.05) is 25.7 Å². The molecular formula is C22H39IN4O2. The van der Waals surface area contributed by atoms with Gasteiger partial charge in [0.15, 0.2) is 5.96 Å². The molecule has 0 aliphatic carbocycles. The van der Waals surface area contributed by atoms with E-state index in [1.807, 2.05) is 18.2 Å². The maximum absolute atomic E-state index is 5.69. The van der Waals surface area contributed by atoms with Gasteiger partial charge in [-0.3, -0.25) is 4.90 Å². The summed E-state index contributed by atoms with van der Waals surface area (Å²) in [6.45, 7) is 12.6. The van der Waals surface area contributed by atoms with Gasteiger partial charge >= 0.3 is 0 Å². The third-order valence-corrected chi connectivity index (χ3v) is 5.12. The summed E-state index contributed by atoms with van der Waals surface area (Å²) in [6, 6.07) is 8.09. The minimum Gasteiger partial charge on any atom is -0.491 e. The average molecular weight is 518 g/mol. The SMILES string of the molecule is CCNC(=NCc1cccc(OCCOC)c1)NCC(C)(C)N1CCCCC1.I. The molecule has 0 aromatic heterocycles. The Hall–Kier alpha value is -1.06. The molecule has 0 saturated carbocycles. The van der Waals surface area contributed by atoms with Gasteiger partial charge in [-0.05, 0) is 64.4 Å². The number of nitrogens with one attached hydrogen (secondary N) is 2. The molecule has 0 bridgehead atoms. The van der Waals surface area contributed by atoms with Crippen LogP contribution < -0.4 is 15.4 Å². The highest BCUT2D eigenvalue weighted by molar-refractivity contribution is 14.0. The van der Waals surface area contributed by atoms with Gasteiger partial charge in [-0.15, -0.1) is 24.0 Å². The number of guanidine groups is 1. The Labute approximate surface area is 193 Å². The maximum atomic E-state index is 5.69. The van der Waals surface area contributed by atoms with Crippen LogP contribution in [0.1, 0.15) is 45.6 Å². The van der Waals surface area contributed by atoms with Crippen molar-refractivity contribution in [2.45, 2.75) is 52.1 Å². The smallest absolute Gasteiger partial charge is 0.191 e. The number of rotatable bonds is 10. The number of ether oxygens (including phenoxy) is 2. The number of nitrogens with zero attached hydrogens (tertiary/aromatic N) is 2. The fraction of sp³-hybridized carbons (Fsp3) is 0.682. The summed E-state index contributed by atoms with van der Waals surface area (Å²) in [7, 11) is 1.68. The van der Waals surface area contributed by atoms with E-state index in [4.69, 9.17) is 14.5 Å². The number of aliphatic imine (C=N–C) groups is 1. The molecule has 0 unspecified atom stereocenters. The van der Waals surface area contributed by atoms with Gasteiger partial charge in [0.1, 0.15) is 12.4 Å². The minimum atomic E-state index is 0. The molecule has 1 fully saturated rings. The van der Waals surface area contributed by atoms with Crippen LogP contribution in [0.4, 0.5) is 0 Å². The van der Waals surface area contributed by atoms with Gasteiger partial charge in [-0.2, -0.15) is 0 Å².